The quantitative estimate of drug-likeness (QED) is 0.754. The Morgan fingerprint density at radius 3 is 2.50 bits per heavy atom. The Morgan fingerprint density at radius 2 is 2.00 bits per heavy atom. The summed E-state index contributed by atoms with van der Waals surface area (Å²) in [4.78, 5) is 11.8. The van der Waals surface area contributed by atoms with Crippen LogP contribution in [0.4, 0.5) is 0 Å². The Kier molecular flexibility index (Phi) is 4.78. The van der Waals surface area contributed by atoms with Crippen LogP contribution < -0.4 is 11.1 Å². The molecule has 0 radical (unpaired) electrons. The van der Waals surface area contributed by atoms with E-state index in [1.54, 1.807) is 0 Å². The molecule has 0 aromatic carbocycles. The van der Waals surface area contributed by atoms with E-state index in [0.29, 0.717) is 5.41 Å². The fraction of sp³-hybridized carbons (Fsp3) is 0.923. The molecule has 1 amide bonds. The van der Waals surface area contributed by atoms with Gasteiger partial charge in [-0.1, -0.05) is 40.0 Å². The van der Waals surface area contributed by atoms with Gasteiger partial charge >= 0.3 is 0 Å². The minimum atomic E-state index is -0.352. The molecular weight excluding hydrogens is 200 g/mol. The number of nitrogens with two attached hydrogens (primary N) is 1. The average Bonchev–Trinajstić information content (AvgIpc) is 2.71. The predicted molar refractivity (Wildman–Crippen MR) is 67.0 cm³/mol. The number of nitrogens with one attached hydrogen (secondary N) is 1. The first-order chi connectivity index (χ1) is 7.48. The Labute approximate surface area is 99.2 Å². The predicted octanol–water partition coefficient (Wildman–Crippen LogP) is 2.06. The van der Waals surface area contributed by atoms with Crippen molar-refractivity contribution in [2.45, 2.75) is 58.9 Å². The summed E-state index contributed by atoms with van der Waals surface area (Å²) in [5, 5.41) is 3.02. The SMILES string of the molecule is CC[C@H](C)[C@H](N)C(=O)NCC1(C)CCCC1. The third-order valence-corrected chi connectivity index (χ3v) is 4.06. The van der Waals surface area contributed by atoms with Gasteiger partial charge in [0.25, 0.3) is 0 Å². The summed E-state index contributed by atoms with van der Waals surface area (Å²) in [5.41, 5.74) is 6.20. The molecule has 2 atom stereocenters. The van der Waals surface area contributed by atoms with Crippen LogP contribution in [0, 0.1) is 11.3 Å². The van der Waals surface area contributed by atoms with Gasteiger partial charge in [0.15, 0.2) is 0 Å². The highest BCUT2D eigenvalue weighted by Gasteiger charge is 2.30. The van der Waals surface area contributed by atoms with Crippen molar-refractivity contribution in [3.8, 4) is 0 Å². The second-order valence-electron chi connectivity index (χ2n) is 5.65. The highest BCUT2D eigenvalue weighted by atomic mass is 16.2. The summed E-state index contributed by atoms with van der Waals surface area (Å²) in [6.45, 7) is 7.14. The van der Waals surface area contributed by atoms with Gasteiger partial charge in [0.1, 0.15) is 0 Å². The molecule has 0 aliphatic heterocycles. The number of carbonyl (C=O) groups excluding carboxylic acids is 1. The van der Waals surface area contributed by atoms with Crippen molar-refractivity contribution < 1.29 is 4.79 Å². The van der Waals surface area contributed by atoms with E-state index >= 15 is 0 Å². The molecule has 3 N–H and O–H groups in total. The van der Waals surface area contributed by atoms with Crippen LogP contribution in [0.1, 0.15) is 52.9 Å². The molecule has 16 heavy (non-hydrogen) atoms. The third-order valence-electron chi connectivity index (χ3n) is 4.06. The van der Waals surface area contributed by atoms with Crippen LogP contribution in [0.3, 0.4) is 0 Å². The zero-order valence-corrected chi connectivity index (χ0v) is 10.9. The lowest BCUT2D eigenvalue weighted by molar-refractivity contribution is -0.123. The van der Waals surface area contributed by atoms with E-state index < -0.39 is 0 Å². The molecule has 3 nitrogen and oxygen atoms in total. The van der Waals surface area contributed by atoms with Gasteiger partial charge in [-0.25, -0.2) is 0 Å². The molecule has 0 aromatic heterocycles. The van der Waals surface area contributed by atoms with Crippen molar-refractivity contribution in [1.29, 1.82) is 0 Å². The lowest BCUT2D eigenvalue weighted by Gasteiger charge is -2.25. The van der Waals surface area contributed by atoms with Gasteiger partial charge in [-0.3, -0.25) is 4.79 Å². The van der Waals surface area contributed by atoms with E-state index in [1.165, 1.54) is 25.7 Å². The van der Waals surface area contributed by atoms with Crippen LogP contribution in [0.2, 0.25) is 0 Å². The summed E-state index contributed by atoms with van der Waals surface area (Å²) < 4.78 is 0. The Bertz CT molecular complexity index is 234. The van der Waals surface area contributed by atoms with Gasteiger partial charge in [0.2, 0.25) is 5.91 Å². The van der Waals surface area contributed by atoms with Gasteiger partial charge in [0, 0.05) is 6.54 Å². The van der Waals surface area contributed by atoms with Crippen LogP contribution >= 0.6 is 0 Å². The van der Waals surface area contributed by atoms with Crippen molar-refractivity contribution in [1.82, 2.24) is 5.32 Å². The van der Waals surface area contributed by atoms with Gasteiger partial charge in [-0.05, 0) is 24.2 Å². The molecular formula is C13H26N2O. The number of hydrogen-bond acceptors (Lipinski definition) is 2. The van der Waals surface area contributed by atoms with E-state index in [2.05, 4.69) is 19.2 Å². The first-order valence-corrected chi connectivity index (χ1v) is 6.52. The molecule has 0 heterocycles. The summed E-state index contributed by atoms with van der Waals surface area (Å²) in [7, 11) is 0. The van der Waals surface area contributed by atoms with Gasteiger partial charge in [0.05, 0.1) is 6.04 Å². The maximum Gasteiger partial charge on any atom is 0.237 e. The lowest BCUT2D eigenvalue weighted by Crippen LogP contribution is -2.47. The third kappa shape index (κ3) is 3.48. The molecule has 3 heteroatoms. The molecule has 0 bridgehead atoms. The fourth-order valence-electron chi connectivity index (χ4n) is 2.34. The maximum atomic E-state index is 11.8. The average molecular weight is 226 g/mol. The Hall–Kier alpha value is -0.570. The molecule has 1 aliphatic rings. The number of carbonyl (C=O) groups is 1. The number of amides is 1. The highest BCUT2D eigenvalue weighted by molar-refractivity contribution is 5.81. The highest BCUT2D eigenvalue weighted by Crippen LogP contribution is 2.36. The molecule has 0 aromatic rings. The van der Waals surface area contributed by atoms with Gasteiger partial charge in [-0.2, -0.15) is 0 Å². The zero-order chi connectivity index (χ0) is 12.2. The first-order valence-electron chi connectivity index (χ1n) is 6.52. The summed E-state index contributed by atoms with van der Waals surface area (Å²) >= 11 is 0. The molecule has 1 aliphatic carbocycles. The molecule has 94 valence electrons. The minimum Gasteiger partial charge on any atom is -0.354 e. The smallest absolute Gasteiger partial charge is 0.237 e. The number of hydrogen-bond donors (Lipinski definition) is 2. The van der Waals surface area contributed by atoms with E-state index in [9.17, 15) is 4.79 Å². The fourth-order valence-corrected chi connectivity index (χ4v) is 2.34. The van der Waals surface area contributed by atoms with Crippen LogP contribution in [0.15, 0.2) is 0 Å². The van der Waals surface area contributed by atoms with E-state index in [-0.39, 0.29) is 17.9 Å². The lowest BCUT2D eigenvalue weighted by atomic mass is 9.88. The normalized spacial score (nSPS) is 22.8. The molecule has 1 saturated carbocycles. The van der Waals surface area contributed by atoms with Gasteiger partial charge < -0.3 is 11.1 Å². The topological polar surface area (TPSA) is 55.1 Å². The largest absolute Gasteiger partial charge is 0.354 e. The second-order valence-corrected chi connectivity index (χ2v) is 5.65. The van der Waals surface area contributed by atoms with Crippen molar-refractivity contribution in [2.75, 3.05) is 6.54 Å². The summed E-state index contributed by atoms with van der Waals surface area (Å²) in [6.07, 6.45) is 6.00. The standard InChI is InChI=1S/C13H26N2O/c1-4-10(2)11(14)12(16)15-9-13(3)7-5-6-8-13/h10-11H,4-9,14H2,1-3H3,(H,15,16)/t10-,11-/m0/s1. The van der Waals surface area contributed by atoms with Crippen LogP contribution in [0.5, 0.6) is 0 Å². The number of rotatable bonds is 5. The van der Waals surface area contributed by atoms with E-state index in [0.717, 1.165) is 13.0 Å². The Balaban J connectivity index is 2.34. The van der Waals surface area contributed by atoms with Crippen molar-refractivity contribution >= 4 is 5.91 Å². The van der Waals surface area contributed by atoms with E-state index in [1.807, 2.05) is 6.92 Å². The Morgan fingerprint density at radius 1 is 1.44 bits per heavy atom. The zero-order valence-electron chi connectivity index (χ0n) is 10.9. The van der Waals surface area contributed by atoms with Crippen molar-refractivity contribution in [3.63, 3.8) is 0 Å². The molecule has 0 unspecified atom stereocenters. The molecule has 0 spiro atoms. The molecule has 0 saturated heterocycles. The maximum absolute atomic E-state index is 11.8. The molecule has 1 rings (SSSR count). The molecule has 1 fully saturated rings. The summed E-state index contributed by atoms with van der Waals surface area (Å²) in [6, 6.07) is -0.352. The summed E-state index contributed by atoms with van der Waals surface area (Å²) in [5.74, 6) is 0.277. The van der Waals surface area contributed by atoms with Crippen LogP contribution in [-0.2, 0) is 4.79 Å². The van der Waals surface area contributed by atoms with Crippen molar-refractivity contribution in [3.05, 3.63) is 0 Å². The van der Waals surface area contributed by atoms with Crippen LogP contribution in [0.25, 0.3) is 0 Å². The van der Waals surface area contributed by atoms with Crippen LogP contribution in [-0.4, -0.2) is 18.5 Å². The van der Waals surface area contributed by atoms with Crippen molar-refractivity contribution in [2.24, 2.45) is 17.1 Å². The van der Waals surface area contributed by atoms with Gasteiger partial charge in [-0.15, -0.1) is 0 Å². The van der Waals surface area contributed by atoms with E-state index in [4.69, 9.17) is 5.73 Å². The second kappa shape index (κ2) is 5.67. The minimum absolute atomic E-state index is 0.0162. The monoisotopic (exact) mass is 226 g/mol. The first kappa shape index (κ1) is 13.5.